The molecule has 2 aromatic carbocycles. The van der Waals surface area contributed by atoms with Crippen molar-refractivity contribution in [1.29, 1.82) is 0 Å². The number of amides is 1. The smallest absolute Gasteiger partial charge is 0.225 e. The van der Waals surface area contributed by atoms with Gasteiger partial charge in [-0.15, -0.1) is 0 Å². The Morgan fingerprint density at radius 2 is 1.81 bits per heavy atom. The number of ether oxygens (including phenoxy) is 1. The third-order valence-corrected chi connectivity index (χ3v) is 5.21. The van der Waals surface area contributed by atoms with Crippen molar-refractivity contribution in [2.45, 2.75) is 13.0 Å². The molecule has 0 bridgehead atoms. The standard InChI is InChI=1S/C18H21ClN2O4S/c1-25-17-6-4-3-5-16(17)20-18(22)11-12-21(26(2,23)24)13-14-7-9-15(19)10-8-14/h3-10H,11-13H2,1-2H3,(H,20,22). The summed E-state index contributed by atoms with van der Waals surface area (Å²) >= 11 is 5.85. The number of carbonyl (C=O) groups is 1. The predicted octanol–water partition coefficient (Wildman–Crippen LogP) is 3.14. The second-order valence-corrected chi connectivity index (χ2v) is 8.14. The van der Waals surface area contributed by atoms with Gasteiger partial charge in [-0.1, -0.05) is 35.9 Å². The van der Waals surface area contributed by atoms with Gasteiger partial charge in [0.15, 0.2) is 0 Å². The zero-order valence-electron chi connectivity index (χ0n) is 14.6. The molecule has 0 aromatic heterocycles. The highest BCUT2D eigenvalue weighted by Gasteiger charge is 2.18. The molecule has 0 fully saturated rings. The molecule has 0 radical (unpaired) electrons. The number of halogens is 1. The van der Waals surface area contributed by atoms with E-state index in [1.165, 1.54) is 11.4 Å². The maximum atomic E-state index is 12.2. The van der Waals surface area contributed by atoms with Gasteiger partial charge in [-0.05, 0) is 29.8 Å². The molecule has 0 aliphatic rings. The van der Waals surface area contributed by atoms with Crippen molar-refractivity contribution in [1.82, 2.24) is 4.31 Å². The van der Waals surface area contributed by atoms with Gasteiger partial charge in [0.25, 0.3) is 0 Å². The van der Waals surface area contributed by atoms with E-state index in [2.05, 4.69) is 5.32 Å². The van der Waals surface area contributed by atoms with E-state index in [4.69, 9.17) is 16.3 Å². The number of nitrogens with one attached hydrogen (secondary N) is 1. The Hall–Kier alpha value is -2.09. The van der Waals surface area contributed by atoms with Crippen LogP contribution < -0.4 is 10.1 Å². The fraction of sp³-hybridized carbons (Fsp3) is 0.278. The lowest BCUT2D eigenvalue weighted by atomic mass is 10.2. The molecule has 0 spiro atoms. The SMILES string of the molecule is COc1ccccc1NC(=O)CCN(Cc1ccc(Cl)cc1)S(C)(=O)=O. The molecule has 2 rings (SSSR count). The van der Waals surface area contributed by atoms with E-state index in [1.807, 2.05) is 0 Å². The van der Waals surface area contributed by atoms with Gasteiger partial charge in [-0.2, -0.15) is 4.31 Å². The Balaban J connectivity index is 2.00. The van der Waals surface area contributed by atoms with E-state index in [0.717, 1.165) is 11.8 Å². The third-order valence-electron chi connectivity index (χ3n) is 3.71. The maximum absolute atomic E-state index is 12.2. The van der Waals surface area contributed by atoms with Crippen LogP contribution in [0.4, 0.5) is 5.69 Å². The number of anilines is 1. The Morgan fingerprint density at radius 1 is 1.15 bits per heavy atom. The van der Waals surface area contributed by atoms with Crippen molar-refractivity contribution in [2.24, 2.45) is 0 Å². The number of rotatable bonds is 8. The summed E-state index contributed by atoms with van der Waals surface area (Å²) in [7, 11) is -1.94. The topological polar surface area (TPSA) is 75.7 Å². The van der Waals surface area contributed by atoms with Crippen LogP contribution in [0.25, 0.3) is 0 Å². The van der Waals surface area contributed by atoms with Crippen LogP contribution in [0.5, 0.6) is 5.75 Å². The first-order valence-corrected chi connectivity index (χ1v) is 10.1. The highest BCUT2D eigenvalue weighted by atomic mass is 35.5. The first-order valence-electron chi connectivity index (χ1n) is 7.92. The Kier molecular flexibility index (Phi) is 7.02. The molecule has 0 saturated heterocycles. The summed E-state index contributed by atoms with van der Waals surface area (Å²) < 4.78 is 30.5. The van der Waals surface area contributed by atoms with Crippen molar-refractivity contribution in [3.05, 3.63) is 59.1 Å². The first-order chi connectivity index (χ1) is 12.3. The van der Waals surface area contributed by atoms with E-state index in [-0.39, 0.29) is 25.4 Å². The second-order valence-electron chi connectivity index (χ2n) is 5.72. The lowest BCUT2D eigenvalue weighted by molar-refractivity contribution is -0.116. The fourth-order valence-electron chi connectivity index (χ4n) is 2.34. The summed E-state index contributed by atoms with van der Waals surface area (Å²) in [4.78, 5) is 12.2. The molecule has 0 unspecified atom stereocenters. The molecule has 0 aliphatic heterocycles. The van der Waals surface area contributed by atoms with Crippen LogP contribution in [0, 0.1) is 0 Å². The fourth-order valence-corrected chi connectivity index (χ4v) is 3.27. The van der Waals surface area contributed by atoms with E-state index in [0.29, 0.717) is 16.5 Å². The van der Waals surface area contributed by atoms with Gasteiger partial charge in [0.05, 0.1) is 19.1 Å². The van der Waals surface area contributed by atoms with Crippen LogP contribution in [0.3, 0.4) is 0 Å². The largest absolute Gasteiger partial charge is 0.495 e. The minimum absolute atomic E-state index is 0.0265. The molecule has 8 heteroatoms. The number of hydrogen-bond acceptors (Lipinski definition) is 4. The molecule has 140 valence electrons. The summed E-state index contributed by atoms with van der Waals surface area (Å²) in [6.07, 6.45) is 1.15. The number of para-hydroxylation sites is 2. The van der Waals surface area contributed by atoms with Crippen LogP contribution in [0.2, 0.25) is 5.02 Å². The van der Waals surface area contributed by atoms with Gasteiger partial charge < -0.3 is 10.1 Å². The van der Waals surface area contributed by atoms with E-state index in [1.54, 1.807) is 48.5 Å². The lowest BCUT2D eigenvalue weighted by Gasteiger charge is -2.20. The Morgan fingerprint density at radius 3 is 2.42 bits per heavy atom. The zero-order valence-corrected chi connectivity index (χ0v) is 16.2. The van der Waals surface area contributed by atoms with Crippen LogP contribution in [0.15, 0.2) is 48.5 Å². The minimum atomic E-state index is -3.46. The molecular formula is C18H21ClN2O4S. The minimum Gasteiger partial charge on any atom is -0.495 e. The van der Waals surface area contributed by atoms with Crippen LogP contribution in [-0.4, -0.2) is 38.5 Å². The molecule has 0 heterocycles. The highest BCUT2D eigenvalue weighted by molar-refractivity contribution is 7.88. The van der Waals surface area contributed by atoms with Crippen molar-refractivity contribution in [3.63, 3.8) is 0 Å². The van der Waals surface area contributed by atoms with Gasteiger partial charge in [-0.3, -0.25) is 4.79 Å². The van der Waals surface area contributed by atoms with Gasteiger partial charge in [0, 0.05) is 24.5 Å². The van der Waals surface area contributed by atoms with Crippen molar-refractivity contribution in [3.8, 4) is 5.75 Å². The monoisotopic (exact) mass is 396 g/mol. The summed E-state index contributed by atoms with van der Waals surface area (Å²) in [5.74, 6) is 0.251. The van der Waals surface area contributed by atoms with Crippen LogP contribution in [0.1, 0.15) is 12.0 Å². The molecule has 6 nitrogen and oxygen atoms in total. The van der Waals surface area contributed by atoms with Gasteiger partial charge in [0.2, 0.25) is 15.9 Å². The number of sulfonamides is 1. The average molecular weight is 397 g/mol. The van der Waals surface area contributed by atoms with E-state index in [9.17, 15) is 13.2 Å². The summed E-state index contributed by atoms with van der Waals surface area (Å²) in [6, 6.07) is 14.0. The molecule has 2 aromatic rings. The molecule has 0 saturated carbocycles. The Bertz CT molecular complexity index is 854. The summed E-state index contributed by atoms with van der Waals surface area (Å²) in [5.41, 5.74) is 1.34. The van der Waals surface area contributed by atoms with Crippen LogP contribution in [-0.2, 0) is 21.4 Å². The third kappa shape index (κ3) is 6.01. The van der Waals surface area contributed by atoms with Crippen molar-refractivity contribution in [2.75, 3.05) is 25.2 Å². The zero-order chi connectivity index (χ0) is 19.2. The maximum Gasteiger partial charge on any atom is 0.225 e. The van der Waals surface area contributed by atoms with Crippen molar-refractivity contribution < 1.29 is 17.9 Å². The summed E-state index contributed by atoms with van der Waals surface area (Å²) in [5, 5.41) is 3.32. The number of methoxy groups -OCH3 is 1. The van der Waals surface area contributed by atoms with E-state index < -0.39 is 10.0 Å². The van der Waals surface area contributed by atoms with Gasteiger partial charge in [-0.25, -0.2) is 8.42 Å². The van der Waals surface area contributed by atoms with Gasteiger partial charge in [0.1, 0.15) is 5.75 Å². The Labute approximate surface area is 158 Å². The number of carbonyl (C=O) groups excluding carboxylic acids is 1. The normalized spacial score (nSPS) is 11.4. The first kappa shape index (κ1) is 20.2. The van der Waals surface area contributed by atoms with Crippen LogP contribution >= 0.6 is 11.6 Å². The average Bonchev–Trinajstić information content (AvgIpc) is 2.59. The highest BCUT2D eigenvalue weighted by Crippen LogP contribution is 2.23. The molecule has 0 aliphatic carbocycles. The van der Waals surface area contributed by atoms with Crippen molar-refractivity contribution >= 4 is 33.2 Å². The van der Waals surface area contributed by atoms with Gasteiger partial charge >= 0.3 is 0 Å². The molecule has 1 N–H and O–H groups in total. The lowest BCUT2D eigenvalue weighted by Crippen LogP contribution is -2.32. The quantitative estimate of drug-likeness (QED) is 0.743. The molecule has 0 atom stereocenters. The number of nitrogens with zero attached hydrogens (tertiary/aromatic N) is 1. The molecule has 1 amide bonds. The van der Waals surface area contributed by atoms with E-state index >= 15 is 0 Å². The molecular weight excluding hydrogens is 376 g/mol. The number of hydrogen-bond donors (Lipinski definition) is 1. The molecule has 26 heavy (non-hydrogen) atoms. The summed E-state index contributed by atoms with van der Waals surface area (Å²) in [6.45, 7) is 0.250. The number of benzene rings is 2. The predicted molar refractivity (Wildman–Crippen MR) is 103 cm³/mol. The second kappa shape index (κ2) is 9.02.